The second-order valence-corrected chi connectivity index (χ2v) is 9.87. The summed E-state index contributed by atoms with van der Waals surface area (Å²) in [5.74, 6) is -0.451. The van der Waals surface area contributed by atoms with Crippen molar-refractivity contribution in [3.63, 3.8) is 0 Å². The molecule has 2 N–H and O–H groups in total. The van der Waals surface area contributed by atoms with E-state index in [1.54, 1.807) is 23.1 Å². The minimum atomic E-state index is -5.06. The topological polar surface area (TPSA) is 90.5 Å². The molecule has 0 unspecified atom stereocenters. The van der Waals surface area contributed by atoms with E-state index in [0.29, 0.717) is 40.5 Å². The van der Waals surface area contributed by atoms with Gasteiger partial charge in [0.1, 0.15) is 0 Å². The molecule has 3 aromatic rings. The van der Waals surface area contributed by atoms with Crippen molar-refractivity contribution in [2.75, 3.05) is 31.3 Å². The lowest BCUT2D eigenvalue weighted by atomic mass is 9.94. The molecule has 7 nitrogen and oxygen atoms in total. The number of benzene rings is 2. The number of nitrogens with zero attached hydrogens (tertiary/aromatic N) is 4. The predicted molar refractivity (Wildman–Crippen MR) is 130 cm³/mol. The molecule has 3 heterocycles. The second-order valence-electron chi connectivity index (χ2n) is 8.89. The Morgan fingerprint density at radius 1 is 1.08 bits per heavy atom. The number of fused-ring (bicyclic) bond motifs is 1. The standard InChI is InChI=1S/C25H20F6N4O3S/c26-24(27,28)16-3-1-14(19(9-16)25(29,30)31)8-18(13-2-4-20-15(7-13)10-32-34-20)21-22(37)33-23(39-21)35-5-6-38-12-17(35)11-36/h1-4,7,9-10,17,36-37H,5-6,8,11-12H2/t17-/m1/s1. The fourth-order valence-electron chi connectivity index (χ4n) is 4.44. The fraction of sp³-hybridized carbons (Fsp3) is 0.320. The zero-order chi connectivity index (χ0) is 27.9. The van der Waals surface area contributed by atoms with E-state index in [9.17, 15) is 36.6 Å². The average Bonchev–Trinajstić information content (AvgIpc) is 3.52. The maximum atomic E-state index is 14.0. The lowest BCUT2D eigenvalue weighted by Crippen LogP contribution is -2.47. The van der Waals surface area contributed by atoms with E-state index in [2.05, 4.69) is 15.2 Å². The molecule has 0 aliphatic carbocycles. The highest BCUT2D eigenvalue weighted by Gasteiger charge is 2.38. The number of aromatic nitrogens is 1. The molecule has 1 fully saturated rings. The molecule has 0 amide bonds. The van der Waals surface area contributed by atoms with Gasteiger partial charge in [-0.25, -0.2) is 0 Å². The summed E-state index contributed by atoms with van der Waals surface area (Å²) in [6.45, 7) is 0.676. The van der Waals surface area contributed by atoms with E-state index in [1.165, 1.54) is 6.21 Å². The molecule has 39 heavy (non-hydrogen) atoms. The summed E-state index contributed by atoms with van der Waals surface area (Å²) in [6, 6.07) is 5.90. The van der Waals surface area contributed by atoms with Crippen LogP contribution < -0.4 is 15.5 Å². The Morgan fingerprint density at radius 2 is 1.87 bits per heavy atom. The van der Waals surface area contributed by atoms with Crippen molar-refractivity contribution in [1.82, 2.24) is 4.98 Å². The third-order valence-corrected chi connectivity index (χ3v) is 7.55. The van der Waals surface area contributed by atoms with Crippen molar-refractivity contribution in [3.05, 3.63) is 74.1 Å². The van der Waals surface area contributed by atoms with Crippen LogP contribution in [-0.4, -0.2) is 53.8 Å². The zero-order valence-corrected chi connectivity index (χ0v) is 20.7. The van der Waals surface area contributed by atoms with Gasteiger partial charge in [0.2, 0.25) is 5.88 Å². The van der Waals surface area contributed by atoms with Crippen molar-refractivity contribution in [1.29, 1.82) is 0 Å². The Kier molecular flexibility index (Phi) is 7.11. The summed E-state index contributed by atoms with van der Waals surface area (Å²) < 4.78 is 86.9. The Hall–Kier alpha value is -3.49. The molecule has 2 aliphatic heterocycles. The molecule has 206 valence electrons. The number of anilines is 1. The Morgan fingerprint density at radius 3 is 2.59 bits per heavy atom. The van der Waals surface area contributed by atoms with Gasteiger partial charge in [-0.05, 0) is 40.6 Å². The van der Waals surface area contributed by atoms with Crippen LogP contribution in [0.25, 0.3) is 5.57 Å². The minimum absolute atomic E-state index is 0.0960. The summed E-state index contributed by atoms with van der Waals surface area (Å²) in [6.07, 6.45) is -9.01. The van der Waals surface area contributed by atoms with Crippen molar-refractivity contribution in [2.24, 2.45) is 10.2 Å². The molecule has 0 saturated carbocycles. The molecular weight excluding hydrogens is 550 g/mol. The number of ether oxygens (including phenoxy) is 1. The van der Waals surface area contributed by atoms with Crippen LogP contribution >= 0.6 is 11.3 Å². The van der Waals surface area contributed by atoms with Gasteiger partial charge < -0.3 is 19.8 Å². The lowest BCUT2D eigenvalue weighted by molar-refractivity contribution is -0.143. The average molecular weight is 571 g/mol. The molecule has 0 spiro atoms. The number of thiazole rings is 1. The number of aromatic hydroxyl groups is 1. The molecule has 1 atom stereocenters. The van der Waals surface area contributed by atoms with Crippen LogP contribution in [-0.2, 0) is 23.5 Å². The van der Waals surface area contributed by atoms with Crippen LogP contribution in [0.3, 0.4) is 0 Å². The van der Waals surface area contributed by atoms with E-state index in [0.717, 1.165) is 17.4 Å². The molecule has 2 aliphatic rings. The molecule has 14 heteroatoms. The number of aliphatic hydroxyl groups excluding tert-OH is 1. The highest BCUT2D eigenvalue weighted by atomic mass is 32.1. The number of hydrogen-bond acceptors (Lipinski definition) is 8. The largest absolute Gasteiger partial charge is 0.492 e. The van der Waals surface area contributed by atoms with Gasteiger partial charge in [0.15, 0.2) is 5.13 Å². The van der Waals surface area contributed by atoms with E-state index in [1.807, 2.05) is 0 Å². The molecule has 0 bridgehead atoms. The Balaban J connectivity index is 1.67. The van der Waals surface area contributed by atoms with Gasteiger partial charge in [0.05, 0.1) is 53.4 Å². The first-order valence-electron chi connectivity index (χ1n) is 11.6. The molecule has 2 aromatic carbocycles. The van der Waals surface area contributed by atoms with Gasteiger partial charge in [0.25, 0.3) is 0 Å². The van der Waals surface area contributed by atoms with E-state index >= 15 is 0 Å². The van der Waals surface area contributed by atoms with Gasteiger partial charge in [-0.1, -0.05) is 23.5 Å². The molecule has 0 radical (unpaired) electrons. The smallest absolute Gasteiger partial charge is 0.416 e. The van der Waals surface area contributed by atoms with E-state index < -0.39 is 47.4 Å². The van der Waals surface area contributed by atoms with Gasteiger partial charge in [-0.2, -0.15) is 41.5 Å². The SMILES string of the molecule is OC[C@@H]1COCCN1c1nc(O)c(C(Cc2ccc(C(F)(F)F)cc2C(F)(F)F)=c2ccc3c(c2)C=NN=3)s1. The first kappa shape index (κ1) is 27.1. The first-order chi connectivity index (χ1) is 18.5. The predicted octanol–water partition coefficient (Wildman–Crippen LogP) is 3.49. The zero-order valence-electron chi connectivity index (χ0n) is 19.9. The highest BCUT2D eigenvalue weighted by molar-refractivity contribution is 7.17. The maximum Gasteiger partial charge on any atom is 0.416 e. The van der Waals surface area contributed by atoms with Crippen molar-refractivity contribution < 1.29 is 41.3 Å². The molecule has 1 saturated heterocycles. The summed E-state index contributed by atoms with van der Waals surface area (Å²) >= 11 is 1.00. The normalized spacial score (nSPS) is 18.2. The van der Waals surface area contributed by atoms with Crippen molar-refractivity contribution in [3.8, 4) is 5.88 Å². The van der Waals surface area contributed by atoms with Gasteiger partial charge in [-0.3, -0.25) is 0 Å². The summed E-state index contributed by atoms with van der Waals surface area (Å²) in [5.41, 5.74) is -2.44. The number of alkyl halides is 6. The summed E-state index contributed by atoms with van der Waals surface area (Å²) in [7, 11) is 0. The van der Waals surface area contributed by atoms with E-state index in [4.69, 9.17) is 4.74 Å². The minimum Gasteiger partial charge on any atom is -0.492 e. The molecular formula is C25H20F6N4O3S. The third-order valence-electron chi connectivity index (χ3n) is 6.40. The molecule has 5 rings (SSSR count). The lowest BCUT2D eigenvalue weighted by Gasteiger charge is -2.34. The van der Waals surface area contributed by atoms with Crippen LogP contribution in [0.15, 0.2) is 46.6 Å². The van der Waals surface area contributed by atoms with Crippen LogP contribution in [0, 0.1) is 0 Å². The van der Waals surface area contributed by atoms with Gasteiger partial charge in [0, 0.05) is 18.5 Å². The number of rotatable bonds is 5. The quantitative estimate of drug-likeness (QED) is 0.459. The second kappa shape index (κ2) is 10.2. The number of aliphatic hydroxyl groups is 1. The van der Waals surface area contributed by atoms with Gasteiger partial charge in [-0.15, -0.1) is 0 Å². The summed E-state index contributed by atoms with van der Waals surface area (Å²) in [4.78, 5) is 6.09. The number of morpholine rings is 1. The Bertz CT molecular complexity index is 1550. The van der Waals surface area contributed by atoms with Crippen LogP contribution in [0.2, 0.25) is 0 Å². The number of hydrogen-bond donors (Lipinski definition) is 2. The highest BCUT2D eigenvalue weighted by Crippen LogP contribution is 2.41. The van der Waals surface area contributed by atoms with E-state index in [-0.39, 0.29) is 29.7 Å². The molecule has 1 aromatic heterocycles. The van der Waals surface area contributed by atoms with Crippen LogP contribution in [0.1, 0.15) is 27.1 Å². The first-order valence-corrected chi connectivity index (χ1v) is 12.4. The fourth-order valence-corrected chi connectivity index (χ4v) is 5.57. The maximum absolute atomic E-state index is 14.0. The van der Waals surface area contributed by atoms with Crippen LogP contribution in [0.4, 0.5) is 31.5 Å². The third kappa shape index (κ3) is 5.49. The van der Waals surface area contributed by atoms with Crippen molar-refractivity contribution in [2.45, 2.75) is 24.8 Å². The monoisotopic (exact) mass is 570 g/mol. The number of halogens is 6. The van der Waals surface area contributed by atoms with Crippen LogP contribution in [0.5, 0.6) is 5.88 Å². The van der Waals surface area contributed by atoms with Crippen molar-refractivity contribution >= 4 is 28.3 Å². The van der Waals surface area contributed by atoms with Gasteiger partial charge >= 0.3 is 12.4 Å². The summed E-state index contributed by atoms with van der Waals surface area (Å²) in [5, 5.41) is 29.6. The Labute approximate surface area is 221 Å².